The van der Waals surface area contributed by atoms with Crippen LogP contribution in [0, 0.1) is 6.92 Å². The number of aryl methyl sites for hydroxylation is 2. The quantitative estimate of drug-likeness (QED) is 0.776. The van der Waals surface area contributed by atoms with Crippen LogP contribution >= 0.6 is 0 Å². The molecule has 0 saturated heterocycles. The second-order valence-electron chi connectivity index (χ2n) is 5.15. The summed E-state index contributed by atoms with van der Waals surface area (Å²) in [5.41, 5.74) is 9.46. The molecule has 0 aliphatic rings. The van der Waals surface area contributed by atoms with E-state index in [0.29, 0.717) is 24.1 Å². The summed E-state index contributed by atoms with van der Waals surface area (Å²) in [6.07, 6.45) is 3.13. The zero-order valence-corrected chi connectivity index (χ0v) is 12.1. The number of fused-ring (bicyclic) bond motifs is 1. The van der Waals surface area contributed by atoms with E-state index >= 15 is 0 Å². The molecule has 108 valence electrons. The van der Waals surface area contributed by atoms with Crippen LogP contribution < -0.4 is 11.3 Å². The third kappa shape index (κ3) is 2.34. The van der Waals surface area contributed by atoms with E-state index in [1.165, 1.54) is 0 Å². The van der Waals surface area contributed by atoms with Gasteiger partial charge in [0, 0.05) is 13.6 Å². The Bertz CT molecular complexity index is 862. The Balaban J connectivity index is 2.02. The molecule has 0 unspecified atom stereocenters. The molecule has 0 radical (unpaired) electrons. The highest BCUT2D eigenvalue weighted by Gasteiger charge is 2.09. The van der Waals surface area contributed by atoms with Crippen LogP contribution in [-0.2, 0) is 20.1 Å². The first kappa shape index (κ1) is 13.5. The van der Waals surface area contributed by atoms with Crippen LogP contribution in [0.1, 0.15) is 16.7 Å². The lowest BCUT2D eigenvalue weighted by Crippen LogP contribution is -2.21. The Labute approximate surface area is 121 Å². The summed E-state index contributed by atoms with van der Waals surface area (Å²) in [7, 11) is 1.77. The van der Waals surface area contributed by atoms with Crippen LogP contribution in [0.3, 0.4) is 0 Å². The molecular formula is C15H17N5O. The number of nitrogens with zero attached hydrogens (tertiary/aromatic N) is 4. The number of rotatable bonds is 3. The Kier molecular flexibility index (Phi) is 3.31. The largest absolute Gasteiger partial charge is 0.326 e. The number of hydrogen-bond acceptors (Lipinski definition) is 4. The maximum Gasteiger partial charge on any atom is 0.264 e. The van der Waals surface area contributed by atoms with Crippen LogP contribution in [0.15, 0.2) is 35.5 Å². The van der Waals surface area contributed by atoms with E-state index in [1.807, 2.05) is 19.1 Å². The molecular weight excluding hydrogens is 266 g/mol. The average Bonchev–Trinajstić information content (AvgIpc) is 2.86. The van der Waals surface area contributed by atoms with Gasteiger partial charge in [0.25, 0.3) is 5.56 Å². The molecule has 0 aliphatic heterocycles. The first-order valence-corrected chi connectivity index (χ1v) is 6.76. The predicted octanol–water partition coefficient (Wildman–Crippen LogP) is 0.945. The lowest BCUT2D eigenvalue weighted by atomic mass is 10.1. The number of nitrogens with two attached hydrogens (primary N) is 1. The molecule has 0 atom stereocenters. The van der Waals surface area contributed by atoms with Crippen LogP contribution in [0.25, 0.3) is 11.0 Å². The van der Waals surface area contributed by atoms with Gasteiger partial charge in [-0.05, 0) is 23.6 Å². The number of hydrogen-bond donors (Lipinski definition) is 1. The Morgan fingerprint density at radius 3 is 2.86 bits per heavy atom. The van der Waals surface area contributed by atoms with E-state index in [1.54, 1.807) is 28.8 Å². The minimum absolute atomic E-state index is 0.0737. The summed E-state index contributed by atoms with van der Waals surface area (Å²) in [4.78, 5) is 16.7. The molecule has 2 N–H and O–H groups in total. The highest BCUT2D eigenvalue weighted by molar-refractivity contribution is 5.72. The van der Waals surface area contributed by atoms with Crippen molar-refractivity contribution in [3.8, 4) is 0 Å². The second-order valence-corrected chi connectivity index (χ2v) is 5.15. The van der Waals surface area contributed by atoms with Gasteiger partial charge < -0.3 is 5.73 Å². The van der Waals surface area contributed by atoms with Crippen molar-refractivity contribution < 1.29 is 0 Å². The predicted molar refractivity (Wildman–Crippen MR) is 80.9 cm³/mol. The van der Waals surface area contributed by atoms with Gasteiger partial charge in [0.15, 0.2) is 5.65 Å². The molecule has 0 spiro atoms. The van der Waals surface area contributed by atoms with Crippen molar-refractivity contribution in [1.82, 2.24) is 19.3 Å². The van der Waals surface area contributed by atoms with E-state index in [0.717, 1.165) is 16.7 Å². The molecule has 0 fully saturated rings. The van der Waals surface area contributed by atoms with Gasteiger partial charge in [0.05, 0.1) is 12.7 Å². The summed E-state index contributed by atoms with van der Waals surface area (Å²) in [5, 5.41) is 4.61. The monoisotopic (exact) mass is 283 g/mol. The normalized spacial score (nSPS) is 11.2. The fourth-order valence-electron chi connectivity index (χ4n) is 2.43. The molecule has 0 amide bonds. The molecule has 3 rings (SSSR count). The molecule has 21 heavy (non-hydrogen) atoms. The zero-order valence-electron chi connectivity index (χ0n) is 12.1. The Morgan fingerprint density at radius 2 is 2.14 bits per heavy atom. The SMILES string of the molecule is Cc1cc(CN)ccc1Cn1cnc2c(cnn2C)c1=O. The van der Waals surface area contributed by atoms with Gasteiger partial charge in [0.1, 0.15) is 11.7 Å². The van der Waals surface area contributed by atoms with Crippen molar-refractivity contribution in [1.29, 1.82) is 0 Å². The first-order valence-electron chi connectivity index (χ1n) is 6.76. The lowest BCUT2D eigenvalue weighted by molar-refractivity contribution is 0.734. The van der Waals surface area contributed by atoms with Crippen molar-refractivity contribution in [2.45, 2.75) is 20.0 Å². The fourth-order valence-corrected chi connectivity index (χ4v) is 2.43. The van der Waals surface area contributed by atoms with Gasteiger partial charge in [-0.15, -0.1) is 0 Å². The summed E-state index contributed by atoms with van der Waals surface area (Å²) in [6.45, 7) is 3.03. The van der Waals surface area contributed by atoms with Crippen molar-refractivity contribution in [2.24, 2.45) is 12.8 Å². The van der Waals surface area contributed by atoms with Gasteiger partial charge in [-0.25, -0.2) is 4.98 Å². The molecule has 2 heterocycles. The maximum absolute atomic E-state index is 12.4. The van der Waals surface area contributed by atoms with Crippen LogP contribution in [0.5, 0.6) is 0 Å². The second kappa shape index (κ2) is 5.14. The average molecular weight is 283 g/mol. The van der Waals surface area contributed by atoms with Crippen molar-refractivity contribution in [3.63, 3.8) is 0 Å². The molecule has 0 bridgehead atoms. The fraction of sp³-hybridized carbons (Fsp3) is 0.267. The smallest absolute Gasteiger partial charge is 0.264 e. The zero-order chi connectivity index (χ0) is 15.0. The minimum Gasteiger partial charge on any atom is -0.326 e. The summed E-state index contributed by atoms with van der Waals surface area (Å²) in [5.74, 6) is 0. The van der Waals surface area contributed by atoms with Crippen LogP contribution in [-0.4, -0.2) is 19.3 Å². The van der Waals surface area contributed by atoms with E-state index in [9.17, 15) is 4.79 Å². The van der Waals surface area contributed by atoms with E-state index in [-0.39, 0.29) is 5.56 Å². The van der Waals surface area contributed by atoms with Gasteiger partial charge in [0.2, 0.25) is 0 Å². The molecule has 2 aromatic heterocycles. The van der Waals surface area contributed by atoms with E-state index in [2.05, 4.69) is 16.1 Å². The van der Waals surface area contributed by atoms with Gasteiger partial charge >= 0.3 is 0 Å². The topological polar surface area (TPSA) is 78.7 Å². The summed E-state index contributed by atoms with van der Waals surface area (Å²) >= 11 is 0. The van der Waals surface area contributed by atoms with Crippen molar-refractivity contribution >= 4 is 11.0 Å². The molecule has 6 nitrogen and oxygen atoms in total. The number of benzene rings is 1. The Hall–Kier alpha value is -2.47. The van der Waals surface area contributed by atoms with Crippen LogP contribution in [0.4, 0.5) is 0 Å². The number of aromatic nitrogens is 4. The Morgan fingerprint density at radius 1 is 1.33 bits per heavy atom. The summed E-state index contributed by atoms with van der Waals surface area (Å²) in [6, 6.07) is 6.05. The third-order valence-electron chi connectivity index (χ3n) is 3.70. The molecule has 0 saturated carbocycles. The van der Waals surface area contributed by atoms with Gasteiger partial charge in [-0.3, -0.25) is 14.0 Å². The maximum atomic E-state index is 12.4. The summed E-state index contributed by atoms with van der Waals surface area (Å²) < 4.78 is 3.21. The van der Waals surface area contributed by atoms with E-state index < -0.39 is 0 Å². The minimum atomic E-state index is -0.0737. The molecule has 0 aliphatic carbocycles. The highest BCUT2D eigenvalue weighted by Crippen LogP contribution is 2.12. The lowest BCUT2D eigenvalue weighted by Gasteiger charge is -2.10. The van der Waals surface area contributed by atoms with Crippen molar-refractivity contribution in [2.75, 3.05) is 0 Å². The van der Waals surface area contributed by atoms with Gasteiger partial charge in [-0.1, -0.05) is 18.2 Å². The van der Waals surface area contributed by atoms with Crippen LogP contribution in [0.2, 0.25) is 0 Å². The van der Waals surface area contributed by atoms with Crippen molar-refractivity contribution in [3.05, 3.63) is 57.8 Å². The first-order chi connectivity index (χ1) is 10.1. The van der Waals surface area contributed by atoms with E-state index in [4.69, 9.17) is 5.73 Å². The third-order valence-corrected chi connectivity index (χ3v) is 3.70. The highest BCUT2D eigenvalue weighted by atomic mass is 16.1. The molecule has 3 aromatic rings. The standard InChI is InChI=1S/C15H17N5O/c1-10-5-11(6-16)3-4-12(10)8-20-9-17-14-13(15(20)21)7-18-19(14)2/h3-5,7,9H,6,8,16H2,1-2H3. The van der Waals surface area contributed by atoms with Gasteiger partial charge in [-0.2, -0.15) is 5.10 Å². The molecule has 1 aromatic carbocycles. The molecule has 6 heteroatoms.